The summed E-state index contributed by atoms with van der Waals surface area (Å²) in [6.45, 7) is 2.50. The molecule has 1 N–H and O–H groups in total. The van der Waals surface area contributed by atoms with Crippen LogP contribution in [0, 0.1) is 0 Å². The van der Waals surface area contributed by atoms with Crippen LogP contribution in [-0.2, 0) is 6.54 Å². The fourth-order valence-electron chi connectivity index (χ4n) is 2.71. The van der Waals surface area contributed by atoms with Crippen LogP contribution in [0.2, 0.25) is 10.0 Å². The van der Waals surface area contributed by atoms with Crippen LogP contribution in [0.4, 0.5) is 0 Å². The number of rotatable bonds is 5. The van der Waals surface area contributed by atoms with Crippen molar-refractivity contribution in [1.29, 1.82) is 0 Å². The Morgan fingerprint density at radius 3 is 2.68 bits per heavy atom. The lowest BCUT2D eigenvalue weighted by atomic mass is 10.1. The van der Waals surface area contributed by atoms with Crippen molar-refractivity contribution in [1.82, 2.24) is 5.32 Å². The van der Waals surface area contributed by atoms with Gasteiger partial charge in [0.15, 0.2) is 0 Å². The van der Waals surface area contributed by atoms with E-state index in [0.717, 1.165) is 16.5 Å². The summed E-state index contributed by atoms with van der Waals surface area (Å²) in [4.78, 5) is 11.8. The van der Waals surface area contributed by atoms with Crippen LogP contribution in [0.3, 0.4) is 0 Å². The summed E-state index contributed by atoms with van der Waals surface area (Å²) in [6, 6.07) is 12.3. The maximum absolute atomic E-state index is 11.8. The predicted octanol–water partition coefficient (Wildman–Crippen LogP) is 4.96. The molecule has 0 saturated carbocycles. The first-order chi connectivity index (χ1) is 12.0. The first kappa shape index (κ1) is 17.8. The van der Waals surface area contributed by atoms with Gasteiger partial charge in [0, 0.05) is 40.2 Å². The molecule has 0 saturated heterocycles. The average molecular weight is 378 g/mol. The molecule has 6 heteroatoms. The molecule has 3 aromatic rings. The van der Waals surface area contributed by atoms with Gasteiger partial charge in [0.25, 0.3) is 0 Å². The van der Waals surface area contributed by atoms with Gasteiger partial charge in [0.2, 0.25) is 0 Å². The highest BCUT2D eigenvalue weighted by atomic mass is 35.5. The van der Waals surface area contributed by atoms with E-state index in [0.29, 0.717) is 27.9 Å². The molecule has 0 aliphatic rings. The Labute approximate surface area is 155 Å². The molecule has 4 nitrogen and oxygen atoms in total. The van der Waals surface area contributed by atoms with Crippen LogP contribution in [0.25, 0.3) is 11.0 Å². The van der Waals surface area contributed by atoms with E-state index in [1.165, 1.54) is 6.07 Å². The summed E-state index contributed by atoms with van der Waals surface area (Å²) in [7, 11) is 1.57. The van der Waals surface area contributed by atoms with Crippen LogP contribution >= 0.6 is 23.2 Å². The minimum absolute atomic E-state index is 0.00897. The van der Waals surface area contributed by atoms with Gasteiger partial charge in [0.1, 0.15) is 11.3 Å². The highest BCUT2D eigenvalue weighted by Gasteiger charge is 2.12. The van der Waals surface area contributed by atoms with Gasteiger partial charge in [-0.1, -0.05) is 29.3 Å². The first-order valence-corrected chi connectivity index (χ1v) is 8.52. The molecule has 0 aliphatic carbocycles. The van der Waals surface area contributed by atoms with E-state index in [4.69, 9.17) is 32.4 Å². The van der Waals surface area contributed by atoms with Crippen LogP contribution in [0.5, 0.6) is 5.75 Å². The maximum atomic E-state index is 11.8. The number of benzene rings is 2. The molecular weight excluding hydrogens is 361 g/mol. The van der Waals surface area contributed by atoms with Crippen molar-refractivity contribution in [2.24, 2.45) is 0 Å². The van der Waals surface area contributed by atoms with Crippen molar-refractivity contribution in [3.05, 3.63) is 74.1 Å². The molecule has 1 atom stereocenters. The van der Waals surface area contributed by atoms with Gasteiger partial charge in [0.05, 0.1) is 7.11 Å². The zero-order valence-corrected chi connectivity index (χ0v) is 15.3. The number of ether oxygens (including phenoxy) is 1. The largest absolute Gasteiger partial charge is 0.497 e. The van der Waals surface area contributed by atoms with E-state index in [-0.39, 0.29) is 6.04 Å². The summed E-state index contributed by atoms with van der Waals surface area (Å²) in [5, 5.41) is 5.45. The molecule has 3 rings (SSSR count). The Morgan fingerprint density at radius 2 is 1.96 bits per heavy atom. The van der Waals surface area contributed by atoms with Gasteiger partial charge < -0.3 is 14.5 Å². The Morgan fingerprint density at radius 1 is 1.16 bits per heavy atom. The molecule has 2 aromatic carbocycles. The van der Waals surface area contributed by atoms with Crippen LogP contribution in [-0.4, -0.2) is 7.11 Å². The van der Waals surface area contributed by atoms with Gasteiger partial charge in [-0.15, -0.1) is 0 Å². The van der Waals surface area contributed by atoms with Crippen molar-refractivity contribution in [2.45, 2.75) is 19.5 Å². The lowest BCUT2D eigenvalue weighted by molar-refractivity contribution is 0.414. The first-order valence-electron chi connectivity index (χ1n) is 7.77. The molecular formula is C19H17Cl2NO3. The standard InChI is InChI=1S/C19H17Cl2NO3/c1-11(15-5-3-13(20)8-17(15)21)22-10-12-7-19(23)25-18-9-14(24-2)4-6-16(12)18/h3-9,11,22H,10H2,1-2H3/t11-/m0/s1. The fraction of sp³-hybridized carbons (Fsp3) is 0.211. The Balaban J connectivity index is 1.86. The number of methoxy groups -OCH3 is 1. The highest BCUT2D eigenvalue weighted by molar-refractivity contribution is 6.35. The van der Waals surface area contributed by atoms with Gasteiger partial charge in [-0.05, 0) is 42.3 Å². The molecule has 0 radical (unpaired) electrons. The van der Waals surface area contributed by atoms with Gasteiger partial charge >= 0.3 is 5.63 Å². The molecule has 1 heterocycles. The summed E-state index contributed by atoms with van der Waals surface area (Å²) >= 11 is 12.2. The minimum Gasteiger partial charge on any atom is -0.497 e. The van der Waals surface area contributed by atoms with Gasteiger partial charge in [-0.3, -0.25) is 0 Å². The smallest absolute Gasteiger partial charge is 0.336 e. The monoisotopic (exact) mass is 377 g/mol. The quantitative estimate of drug-likeness (QED) is 0.638. The Hall–Kier alpha value is -2.01. The van der Waals surface area contributed by atoms with Crippen LogP contribution < -0.4 is 15.7 Å². The lowest BCUT2D eigenvalue weighted by Gasteiger charge is -2.16. The summed E-state index contributed by atoms with van der Waals surface area (Å²) in [5.41, 5.74) is 1.90. The molecule has 0 bridgehead atoms. The molecule has 0 spiro atoms. The summed E-state index contributed by atoms with van der Waals surface area (Å²) < 4.78 is 10.4. The van der Waals surface area contributed by atoms with E-state index in [2.05, 4.69) is 5.32 Å². The zero-order chi connectivity index (χ0) is 18.0. The predicted molar refractivity (Wildman–Crippen MR) is 101 cm³/mol. The second-order valence-electron chi connectivity index (χ2n) is 5.72. The number of halogens is 2. The molecule has 1 aromatic heterocycles. The number of fused-ring (bicyclic) bond motifs is 1. The van der Waals surface area contributed by atoms with E-state index < -0.39 is 5.63 Å². The van der Waals surface area contributed by atoms with E-state index in [9.17, 15) is 4.79 Å². The van der Waals surface area contributed by atoms with Crippen molar-refractivity contribution < 1.29 is 9.15 Å². The lowest BCUT2D eigenvalue weighted by Crippen LogP contribution is -2.19. The Kier molecular flexibility index (Phi) is 5.33. The SMILES string of the molecule is COc1ccc2c(CN[C@@H](C)c3ccc(Cl)cc3Cl)cc(=O)oc2c1. The number of hydrogen-bond donors (Lipinski definition) is 1. The Bertz CT molecular complexity index is 969. The fourth-order valence-corrected chi connectivity index (χ4v) is 3.28. The van der Waals surface area contributed by atoms with Crippen molar-refractivity contribution >= 4 is 34.2 Å². The third-order valence-electron chi connectivity index (χ3n) is 4.07. The zero-order valence-electron chi connectivity index (χ0n) is 13.8. The third-order valence-corrected chi connectivity index (χ3v) is 4.63. The highest BCUT2D eigenvalue weighted by Crippen LogP contribution is 2.27. The topological polar surface area (TPSA) is 51.5 Å². The normalized spacial score (nSPS) is 12.3. The summed E-state index contributed by atoms with van der Waals surface area (Å²) in [5.74, 6) is 0.641. The van der Waals surface area contributed by atoms with Crippen molar-refractivity contribution in [2.75, 3.05) is 7.11 Å². The van der Waals surface area contributed by atoms with E-state index >= 15 is 0 Å². The molecule has 0 unspecified atom stereocenters. The molecule has 0 aliphatic heterocycles. The van der Waals surface area contributed by atoms with Crippen LogP contribution in [0.15, 0.2) is 51.7 Å². The second-order valence-corrected chi connectivity index (χ2v) is 6.56. The molecule has 130 valence electrons. The van der Waals surface area contributed by atoms with E-state index in [1.807, 2.05) is 25.1 Å². The molecule has 0 fully saturated rings. The van der Waals surface area contributed by atoms with Gasteiger partial charge in [-0.2, -0.15) is 0 Å². The number of hydrogen-bond acceptors (Lipinski definition) is 4. The number of nitrogens with one attached hydrogen (secondary N) is 1. The molecule has 25 heavy (non-hydrogen) atoms. The molecule has 0 amide bonds. The minimum atomic E-state index is -0.394. The van der Waals surface area contributed by atoms with Gasteiger partial charge in [-0.25, -0.2) is 4.79 Å². The second kappa shape index (κ2) is 7.48. The van der Waals surface area contributed by atoms with Crippen molar-refractivity contribution in [3.63, 3.8) is 0 Å². The summed E-state index contributed by atoms with van der Waals surface area (Å²) in [6.07, 6.45) is 0. The van der Waals surface area contributed by atoms with E-state index in [1.54, 1.807) is 25.3 Å². The average Bonchev–Trinajstić information content (AvgIpc) is 2.58. The van der Waals surface area contributed by atoms with Crippen LogP contribution in [0.1, 0.15) is 24.1 Å². The van der Waals surface area contributed by atoms with Crippen molar-refractivity contribution in [3.8, 4) is 5.75 Å². The third kappa shape index (κ3) is 3.98. The maximum Gasteiger partial charge on any atom is 0.336 e.